The molecule has 2 aromatic carbocycles. The minimum absolute atomic E-state index is 0.00840. The molecule has 0 spiro atoms. The van der Waals surface area contributed by atoms with Crippen molar-refractivity contribution in [2.24, 2.45) is 0 Å². The molecule has 1 heterocycles. The highest BCUT2D eigenvalue weighted by Crippen LogP contribution is 2.34. The second kappa shape index (κ2) is 8.45. The van der Waals surface area contributed by atoms with Crippen molar-refractivity contribution in [1.82, 2.24) is 5.32 Å². The predicted octanol–water partition coefficient (Wildman–Crippen LogP) is 4.69. The Morgan fingerprint density at radius 2 is 2.03 bits per heavy atom. The molecule has 6 heteroatoms. The Bertz CT molecular complexity index is 1010. The first-order valence-corrected chi connectivity index (χ1v) is 9.75. The number of nitrogens with zero attached hydrogens (tertiary/aromatic N) is 1. The standard InChI is InChI=1S/C24H27N3O3/c1-6-12-27-20-14-19(10-11-21(20)30-15-22(27)28)25-23(29)26-24(4,5)18-9-7-8-17(13-18)16(2)3/h6-11,13-14H,1-2,12,15H2,3-5H3,(H2,25,26,29). The number of benzene rings is 2. The number of fused-ring (bicyclic) bond motifs is 1. The molecule has 0 unspecified atom stereocenters. The van der Waals surface area contributed by atoms with E-state index in [9.17, 15) is 9.59 Å². The molecule has 0 saturated heterocycles. The zero-order valence-corrected chi connectivity index (χ0v) is 17.6. The molecule has 0 atom stereocenters. The maximum absolute atomic E-state index is 12.7. The van der Waals surface area contributed by atoms with Crippen LogP contribution in [0.4, 0.5) is 16.2 Å². The van der Waals surface area contributed by atoms with E-state index in [0.29, 0.717) is 23.7 Å². The third-order valence-corrected chi connectivity index (χ3v) is 4.97. The smallest absolute Gasteiger partial charge is 0.319 e. The van der Waals surface area contributed by atoms with E-state index in [0.717, 1.165) is 16.7 Å². The summed E-state index contributed by atoms with van der Waals surface area (Å²) < 4.78 is 5.48. The molecule has 0 aromatic heterocycles. The number of hydrogen-bond donors (Lipinski definition) is 2. The van der Waals surface area contributed by atoms with Crippen LogP contribution < -0.4 is 20.3 Å². The van der Waals surface area contributed by atoms with Crippen molar-refractivity contribution in [2.75, 3.05) is 23.4 Å². The SMILES string of the molecule is C=CCN1C(=O)COc2ccc(NC(=O)NC(C)(C)c3cccc(C(=C)C)c3)cc21. The lowest BCUT2D eigenvalue weighted by Crippen LogP contribution is -2.43. The van der Waals surface area contributed by atoms with Gasteiger partial charge in [-0.15, -0.1) is 6.58 Å². The minimum Gasteiger partial charge on any atom is -0.482 e. The molecule has 2 aromatic rings. The average Bonchev–Trinajstić information content (AvgIpc) is 2.70. The summed E-state index contributed by atoms with van der Waals surface area (Å²) >= 11 is 0. The first-order chi connectivity index (χ1) is 14.2. The maximum atomic E-state index is 12.7. The Kier molecular flexibility index (Phi) is 5.96. The van der Waals surface area contributed by atoms with Gasteiger partial charge < -0.3 is 20.3 Å². The first-order valence-electron chi connectivity index (χ1n) is 9.75. The Balaban J connectivity index is 1.76. The number of carbonyl (C=O) groups is 2. The summed E-state index contributed by atoms with van der Waals surface area (Å²) in [6, 6.07) is 12.8. The van der Waals surface area contributed by atoms with Gasteiger partial charge in [0.1, 0.15) is 5.75 Å². The first kappa shape index (κ1) is 21.2. The maximum Gasteiger partial charge on any atom is 0.319 e. The summed E-state index contributed by atoms with van der Waals surface area (Å²) in [4.78, 5) is 26.4. The van der Waals surface area contributed by atoms with Gasteiger partial charge >= 0.3 is 6.03 Å². The molecule has 30 heavy (non-hydrogen) atoms. The Morgan fingerprint density at radius 3 is 2.73 bits per heavy atom. The molecule has 6 nitrogen and oxygen atoms in total. The number of carbonyl (C=O) groups excluding carboxylic acids is 2. The molecule has 0 fully saturated rings. The summed E-state index contributed by atoms with van der Waals surface area (Å²) in [6.07, 6.45) is 1.65. The van der Waals surface area contributed by atoms with E-state index in [2.05, 4.69) is 23.8 Å². The fraction of sp³-hybridized carbons (Fsp3) is 0.250. The van der Waals surface area contributed by atoms with Gasteiger partial charge in [0.15, 0.2) is 6.61 Å². The van der Waals surface area contributed by atoms with Gasteiger partial charge in [-0.05, 0) is 56.2 Å². The van der Waals surface area contributed by atoms with Gasteiger partial charge in [0.25, 0.3) is 5.91 Å². The van der Waals surface area contributed by atoms with Gasteiger partial charge in [0.05, 0.1) is 11.2 Å². The number of rotatable bonds is 6. The number of hydrogen-bond acceptors (Lipinski definition) is 3. The van der Waals surface area contributed by atoms with Gasteiger partial charge in [-0.3, -0.25) is 4.79 Å². The van der Waals surface area contributed by atoms with Crippen LogP contribution in [0.3, 0.4) is 0 Å². The minimum atomic E-state index is -0.600. The normalized spacial score (nSPS) is 13.2. The van der Waals surface area contributed by atoms with Crippen LogP contribution in [-0.2, 0) is 10.3 Å². The summed E-state index contributed by atoms with van der Waals surface area (Å²) in [5.74, 6) is 0.446. The van der Waals surface area contributed by atoms with Crippen LogP contribution in [-0.4, -0.2) is 25.1 Å². The number of amides is 3. The summed E-state index contributed by atoms with van der Waals surface area (Å²) in [5, 5.41) is 5.85. The summed E-state index contributed by atoms with van der Waals surface area (Å²) in [5.41, 5.74) is 3.54. The molecule has 0 aliphatic carbocycles. The molecule has 156 valence electrons. The molecule has 2 N–H and O–H groups in total. The molecule has 1 aliphatic heterocycles. The molecule has 1 aliphatic rings. The monoisotopic (exact) mass is 405 g/mol. The lowest BCUT2D eigenvalue weighted by Gasteiger charge is -2.29. The zero-order chi connectivity index (χ0) is 21.9. The Morgan fingerprint density at radius 1 is 1.27 bits per heavy atom. The van der Waals surface area contributed by atoms with Gasteiger partial charge in [-0.25, -0.2) is 4.79 Å². The van der Waals surface area contributed by atoms with Crippen molar-refractivity contribution in [2.45, 2.75) is 26.3 Å². The fourth-order valence-corrected chi connectivity index (χ4v) is 3.30. The van der Waals surface area contributed by atoms with Crippen LogP contribution in [0.1, 0.15) is 31.9 Å². The van der Waals surface area contributed by atoms with Gasteiger partial charge in [0, 0.05) is 12.2 Å². The molecule has 3 rings (SSSR count). The van der Waals surface area contributed by atoms with Crippen LogP contribution in [0.2, 0.25) is 0 Å². The number of anilines is 2. The summed E-state index contributed by atoms with van der Waals surface area (Å²) in [6.45, 7) is 13.9. The third kappa shape index (κ3) is 4.54. The lowest BCUT2D eigenvalue weighted by molar-refractivity contribution is -0.121. The van der Waals surface area contributed by atoms with Gasteiger partial charge in [0.2, 0.25) is 0 Å². The molecule has 0 saturated carbocycles. The Hall–Kier alpha value is -3.54. The number of nitrogens with one attached hydrogen (secondary N) is 2. The molecular formula is C24H27N3O3. The molecule has 3 amide bonds. The van der Waals surface area contributed by atoms with Crippen molar-refractivity contribution >= 4 is 28.9 Å². The molecule has 0 radical (unpaired) electrons. The Labute approximate surface area is 177 Å². The average molecular weight is 405 g/mol. The zero-order valence-electron chi connectivity index (χ0n) is 17.6. The molecule has 0 bridgehead atoms. The fourth-order valence-electron chi connectivity index (χ4n) is 3.30. The van der Waals surface area contributed by atoms with E-state index in [1.165, 1.54) is 0 Å². The molecular weight excluding hydrogens is 378 g/mol. The van der Waals surface area contributed by atoms with Gasteiger partial charge in [-0.1, -0.05) is 36.4 Å². The topological polar surface area (TPSA) is 70.7 Å². The largest absolute Gasteiger partial charge is 0.482 e. The highest BCUT2D eigenvalue weighted by Gasteiger charge is 2.26. The number of allylic oxidation sites excluding steroid dienone is 1. The third-order valence-electron chi connectivity index (χ3n) is 4.97. The second-order valence-corrected chi connectivity index (χ2v) is 7.83. The van der Waals surface area contributed by atoms with Crippen molar-refractivity contribution in [3.05, 3.63) is 72.8 Å². The van der Waals surface area contributed by atoms with Crippen LogP contribution in [0.15, 0.2) is 61.7 Å². The quantitative estimate of drug-likeness (QED) is 0.685. The van der Waals surface area contributed by atoms with Crippen LogP contribution in [0.5, 0.6) is 5.75 Å². The second-order valence-electron chi connectivity index (χ2n) is 7.83. The van der Waals surface area contributed by atoms with Gasteiger partial charge in [-0.2, -0.15) is 0 Å². The summed E-state index contributed by atoms with van der Waals surface area (Å²) in [7, 11) is 0. The van der Waals surface area contributed by atoms with Crippen LogP contribution in [0.25, 0.3) is 5.57 Å². The lowest BCUT2D eigenvalue weighted by atomic mass is 9.92. The number of ether oxygens (including phenoxy) is 1. The highest BCUT2D eigenvalue weighted by atomic mass is 16.5. The number of urea groups is 1. The van der Waals surface area contributed by atoms with E-state index in [4.69, 9.17) is 4.74 Å². The van der Waals surface area contributed by atoms with Crippen LogP contribution in [0, 0.1) is 0 Å². The van der Waals surface area contributed by atoms with Crippen LogP contribution >= 0.6 is 0 Å². The van der Waals surface area contributed by atoms with E-state index in [1.54, 1.807) is 29.2 Å². The van der Waals surface area contributed by atoms with E-state index >= 15 is 0 Å². The van der Waals surface area contributed by atoms with Crippen molar-refractivity contribution < 1.29 is 14.3 Å². The predicted molar refractivity (Wildman–Crippen MR) is 121 cm³/mol. The van der Waals surface area contributed by atoms with E-state index in [-0.39, 0.29) is 18.5 Å². The van der Waals surface area contributed by atoms with E-state index in [1.807, 2.05) is 45.0 Å². The van der Waals surface area contributed by atoms with Crippen molar-refractivity contribution in [3.8, 4) is 5.75 Å². The van der Waals surface area contributed by atoms with Crippen molar-refractivity contribution in [1.29, 1.82) is 0 Å². The van der Waals surface area contributed by atoms with E-state index < -0.39 is 5.54 Å². The highest BCUT2D eigenvalue weighted by molar-refractivity contribution is 5.99. The van der Waals surface area contributed by atoms with Crippen molar-refractivity contribution in [3.63, 3.8) is 0 Å².